The molecular weight excluding hydrogens is 340 g/mol. The number of hydrogen-bond acceptors (Lipinski definition) is 4. The van der Waals surface area contributed by atoms with Gasteiger partial charge in [-0.05, 0) is 25.7 Å². The lowest BCUT2D eigenvalue weighted by molar-refractivity contribution is -0.141. The SMILES string of the molecule is O=C1CCC2(CCCN(c3cc(C(F)(F)F)ncn3)CC2)N1CCF. The van der Waals surface area contributed by atoms with Crippen LogP contribution < -0.4 is 4.90 Å². The smallest absolute Gasteiger partial charge is 0.356 e. The van der Waals surface area contributed by atoms with Crippen LogP contribution in [0.1, 0.15) is 37.8 Å². The van der Waals surface area contributed by atoms with Gasteiger partial charge in [-0.25, -0.2) is 14.4 Å². The fourth-order valence-electron chi connectivity index (χ4n) is 3.92. The van der Waals surface area contributed by atoms with E-state index < -0.39 is 18.5 Å². The number of halogens is 4. The van der Waals surface area contributed by atoms with E-state index in [-0.39, 0.29) is 23.8 Å². The Hall–Kier alpha value is -1.93. The van der Waals surface area contributed by atoms with E-state index in [1.165, 1.54) is 0 Å². The van der Waals surface area contributed by atoms with Crippen molar-refractivity contribution in [2.24, 2.45) is 0 Å². The lowest BCUT2D eigenvalue weighted by Gasteiger charge is -2.37. The van der Waals surface area contributed by atoms with Crippen LogP contribution in [0.4, 0.5) is 23.4 Å². The predicted molar refractivity (Wildman–Crippen MR) is 82.8 cm³/mol. The first-order valence-corrected chi connectivity index (χ1v) is 8.36. The van der Waals surface area contributed by atoms with Gasteiger partial charge < -0.3 is 9.80 Å². The van der Waals surface area contributed by atoms with Gasteiger partial charge in [0, 0.05) is 37.7 Å². The topological polar surface area (TPSA) is 49.3 Å². The number of carbonyl (C=O) groups excluding carboxylic acids is 1. The van der Waals surface area contributed by atoms with Crippen LogP contribution in [0.25, 0.3) is 0 Å². The summed E-state index contributed by atoms with van der Waals surface area (Å²) in [5, 5.41) is 0. The zero-order chi connectivity index (χ0) is 18.1. The van der Waals surface area contributed by atoms with Crippen molar-refractivity contribution in [2.45, 2.75) is 43.8 Å². The first kappa shape index (κ1) is 17.9. The van der Waals surface area contributed by atoms with E-state index in [0.29, 0.717) is 38.8 Å². The molecule has 3 heterocycles. The lowest BCUT2D eigenvalue weighted by Crippen LogP contribution is -2.47. The number of alkyl halides is 4. The molecule has 0 aromatic carbocycles. The molecule has 0 aliphatic carbocycles. The van der Waals surface area contributed by atoms with Crippen molar-refractivity contribution in [2.75, 3.05) is 31.2 Å². The number of likely N-dealkylation sites (tertiary alicyclic amines) is 1. The summed E-state index contributed by atoms with van der Waals surface area (Å²) < 4.78 is 51.4. The highest BCUT2D eigenvalue weighted by Crippen LogP contribution is 2.39. The summed E-state index contributed by atoms with van der Waals surface area (Å²) in [4.78, 5) is 22.8. The van der Waals surface area contributed by atoms with Gasteiger partial charge in [0.1, 0.15) is 24.5 Å². The van der Waals surface area contributed by atoms with Gasteiger partial charge in [-0.1, -0.05) is 0 Å². The molecule has 2 saturated heterocycles. The molecule has 0 radical (unpaired) electrons. The number of carbonyl (C=O) groups is 1. The van der Waals surface area contributed by atoms with Crippen molar-refractivity contribution in [1.29, 1.82) is 0 Å². The monoisotopic (exact) mass is 360 g/mol. The van der Waals surface area contributed by atoms with Crippen molar-refractivity contribution in [1.82, 2.24) is 14.9 Å². The lowest BCUT2D eigenvalue weighted by atomic mass is 9.88. The Bertz CT molecular complexity index is 639. The summed E-state index contributed by atoms with van der Waals surface area (Å²) in [5.41, 5.74) is -1.34. The van der Waals surface area contributed by atoms with E-state index in [4.69, 9.17) is 0 Å². The third-order valence-electron chi connectivity index (χ3n) is 5.17. The molecule has 2 aliphatic heterocycles. The molecule has 9 heteroatoms. The molecule has 25 heavy (non-hydrogen) atoms. The van der Waals surface area contributed by atoms with E-state index in [1.54, 1.807) is 9.80 Å². The number of anilines is 1. The normalized spacial score (nSPS) is 24.9. The Morgan fingerprint density at radius 2 is 1.96 bits per heavy atom. The van der Waals surface area contributed by atoms with Gasteiger partial charge in [-0.2, -0.15) is 13.2 Å². The minimum absolute atomic E-state index is 0.0347. The Kier molecular flexibility index (Phi) is 4.83. The highest BCUT2D eigenvalue weighted by atomic mass is 19.4. The fourth-order valence-corrected chi connectivity index (χ4v) is 3.92. The third kappa shape index (κ3) is 3.55. The highest BCUT2D eigenvalue weighted by Gasteiger charge is 2.45. The van der Waals surface area contributed by atoms with E-state index >= 15 is 0 Å². The second kappa shape index (κ2) is 6.76. The molecule has 1 spiro atoms. The van der Waals surface area contributed by atoms with Gasteiger partial charge >= 0.3 is 6.18 Å². The van der Waals surface area contributed by atoms with Crippen LogP contribution >= 0.6 is 0 Å². The van der Waals surface area contributed by atoms with Crippen LogP contribution in [0.3, 0.4) is 0 Å². The number of amides is 1. The summed E-state index contributed by atoms with van der Waals surface area (Å²) >= 11 is 0. The van der Waals surface area contributed by atoms with Crippen LogP contribution in [0.2, 0.25) is 0 Å². The summed E-state index contributed by atoms with van der Waals surface area (Å²) in [6.45, 7) is 0.528. The molecule has 1 unspecified atom stereocenters. The molecule has 138 valence electrons. The molecule has 0 bridgehead atoms. The maximum atomic E-state index is 12.8. The Morgan fingerprint density at radius 3 is 2.68 bits per heavy atom. The van der Waals surface area contributed by atoms with E-state index in [9.17, 15) is 22.4 Å². The second-order valence-corrected chi connectivity index (χ2v) is 6.56. The largest absolute Gasteiger partial charge is 0.433 e. The Balaban J connectivity index is 1.77. The van der Waals surface area contributed by atoms with E-state index in [1.807, 2.05) is 0 Å². The molecule has 1 atom stereocenters. The Labute approximate surface area is 143 Å². The third-order valence-corrected chi connectivity index (χ3v) is 5.17. The standard InChI is InChI=1S/C16H20F4N4O/c17-6-9-24-14(25)2-4-15(24)3-1-7-23(8-5-15)13-10-12(16(18,19)20)21-11-22-13/h10-11H,1-9H2. The number of hydrogen-bond donors (Lipinski definition) is 0. The molecule has 1 aromatic heterocycles. The van der Waals surface area contributed by atoms with Crippen molar-refractivity contribution < 1.29 is 22.4 Å². The van der Waals surface area contributed by atoms with Crippen LogP contribution in [-0.4, -0.2) is 52.6 Å². The zero-order valence-electron chi connectivity index (χ0n) is 13.7. The first-order chi connectivity index (χ1) is 11.9. The quantitative estimate of drug-likeness (QED) is 0.778. The first-order valence-electron chi connectivity index (χ1n) is 8.36. The maximum Gasteiger partial charge on any atom is 0.433 e. The Morgan fingerprint density at radius 1 is 1.16 bits per heavy atom. The van der Waals surface area contributed by atoms with E-state index in [0.717, 1.165) is 18.8 Å². The van der Waals surface area contributed by atoms with Gasteiger partial charge in [-0.15, -0.1) is 0 Å². The van der Waals surface area contributed by atoms with E-state index in [2.05, 4.69) is 9.97 Å². The number of aromatic nitrogens is 2. The molecule has 0 N–H and O–H groups in total. The summed E-state index contributed by atoms with van der Waals surface area (Å²) in [6, 6.07) is 0.955. The zero-order valence-corrected chi connectivity index (χ0v) is 13.7. The van der Waals surface area contributed by atoms with Crippen molar-refractivity contribution >= 4 is 11.7 Å². The van der Waals surface area contributed by atoms with Crippen molar-refractivity contribution in [3.8, 4) is 0 Å². The predicted octanol–water partition coefficient (Wildman–Crippen LogP) is 2.82. The molecule has 1 aromatic rings. The van der Waals surface area contributed by atoms with Crippen molar-refractivity contribution in [3.05, 3.63) is 18.1 Å². The minimum Gasteiger partial charge on any atom is -0.356 e. The van der Waals surface area contributed by atoms with Crippen molar-refractivity contribution in [3.63, 3.8) is 0 Å². The van der Waals surface area contributed by atoms with Crippen LogP contribution in [0, 0.1) is 0 Å². The minimum atomic E-state index is -4.51. The van der Waals surface area contributed by atoms with Gasteiger partial charge in [0.25, 0.3) is 0 Å². The maximum absolute atomic E-state index is 12.8. The van der Waals surface area contributed by atoms with Gasteiger partial charge in [0.15, 0.2) is 0 Å². The van der Waals surface area contributed by atoms with Gasteiger partial charge in [0.05, 0.1) is 0 Å². The molecule has 1 amide bonds. The summed E-state index contributed by atoms with van der Waals surface area (Å²) in [7, 11) is 0. The number of nitrogens with zero attached hydrogens (tertiary/aromatic N) is 4. The van der Waals surface area contributed by atoms with Gasteiger partial charge in [0.2, 0.25) is 5.91 Å². The average molecular weight is 360 g/mol. The van der Waals surface area contributed by atoms with Crippen LogP contribution in [-0.2, 0) is 11.0 Å². The molecule has 0 saturated carbocycles. The molecule has 2 aliphatic rings. The average Bonchev–Trinajstić information content (AvgIpc) is 2.75. The van der Waals surface area contributed by atoms with Crippen LogP contribution in [0.15, 0.2) is 12.4 Å². The van der Waals surface area contributed by atoms with Gasteiger partial charge in [-0.3, -0.25) is 4.79 Å². The molecule has 3 rings (SSSR count). The summed E-state index contributed by atoms with van der Waals surface area (Å²) in [5.74, 6) is 0.202. The molecule has 2 fully saturated rings. The number of rotatable bonds is 3. The fraction of sp³-hybridized carbons (Fsp3) is 0.688. The molecular formula is C16H20F4N4O. The summed E-state index contributed by atoms with van der Waals surface area (Å²) in [6.07, 6.45) is -0.463. The molecule has 5 nitrogen and oxygen atoms in total. The second-order valence-electron chi connectivity index (χ2n) is 6.56. The van der Waals surface area contributed by atoms with Crippen LogP contribution in [0.5, 0.6) is 0 Å². The highest BCUT2D eigenvalue weighted by molar-refractivity contribution is 5.79.